The Morgan fingerprint density at radius 1 is 1.18 bits per heavy atom. The number of thioether (sulfide) groups is 1. The second-order valence-electron chi connectivity index (χ2n) is 7.81. The second-order valence-corrected chi connectivity index (χ2v) is 8.75. The van der Waals surface area contributed by atoms with Crippen molar-refractivity contribution in [3.05, 3.63) is 29.8 Å². The van der Waals surface area contributed by atoms with Crippen molar-refractivity contribution in [3.8, 4) is 11.4 Å². The van der Waals surface area contributed by atoms with Gasteiger partial charge < -0.3 is 9.88 Å². The first-order chi connectivity index (χ1) is 13.1. The molecule has 0 aliphatic heterocycles. The van der Waals surface area contributed by atoms with Gasteiger partial charge in [0.2, 0.25) is 5.91 Å². The molecule has 1 atom stereocenters. The number of carbonyl (C=O) groups excluding carboxylic acids is 2. The molecule has 0 unspecified atom stereocenters. The molecule has 0 bridgehead atoms. The molecule has 0 radical (unpaired) electrons. The normalized spacial score (nSPS) is 12.5. The molecule has 2 rings (SSSR count). The Morgan fingerprint density at radius 2 is 1.82 bits per heavy atom. The first-order valence-corrected chi connectivity index (χ1v) is 10.3. The van der Waals surface area contributed by atoms with E-state index in [0.29, 0.717) is 5.16 Å². The van der Waals surface area contributed by atoms with Gasteiger partial charge in [-0.2, -0.15) is 0 Å². The average Bonchev–Trinajstić information content (AvgIpc) is 2.99. The van der Waals surface area contributed by atoms with E-state index >= 15 is 0 Å². The van der Waals surface area contributed by atoms with Crippen LogP contribution in [0.3, 0.4) is 0 Å². The summed E-state index contributed by atoms with van der Waals surface area (Å²) >= 11 is 1.24. The Balaban J connectivity index is 1.98. The second kappa shape index (κ2) is 9.23. The molecule has 8 heteroatoms. The van der Waals surface area contributed by atoms with Crippen molar-refractivity contribution >= 4 is 23.7 Å². The third kappa shape index (κ3) is 5.82. The van der Waals surface area contributed by atoms with Gasteiger partial charge in [0.05, 0.1) is 5.75 Å². The standard InChI is InChI=1S/C20H29N5O2S/c1-7-13(2)21-18(27)22-16(26)12-28-19-24-23-17(25(19)6)14-8-10-15(11-9-14)20(3,4)5/h8-11,13H,7,12H2,1-6H3,(H2,21,22,26,27)/t13-/m0/s1. The van der Waals surface area contributed by atoms with Gasteiger partial charge in [0, 0.05) is 18.7 Å². The molecule has 0 saturated carbocycles. The molecular formula is C20H29N5O2S. The molecule has 0 saturated heterocycles. The molecule has 0 spiro atoms. The fourth-order valence-corrected chi connectivity index (χ4v) is 3.18. The maximum atomic E-state index is 12.0. The molecule has 0 fully saturated rings. The molecule has 1 aromatic carbocycles. The zero-order valence-electron chi connectivity index (χ0n) is 17.4. The minimum atomic E-state index is -0.474. The number of hydrogen-bond acceptors (Lipinski definition) is 5. The van der Waals surface area contributed by atoms with Crippen LogP contribution >= 0.6 is 11.8 Å². The van der Waals surface area contributed by atoms with E-state index in [1.807, 2.05) is 37.6 Å². The highest BCUT2D eigenvalue weighted by Gasteiger charge is 2.17. The van der Waals surface area contributed by atoms with Crippen LogP contribution in [-0.2, 0) is 17.3 Å². The first-order valence-electron chi connectivity index (χ1n) is 9.35. The lowest BCUT2D eigenvalue weighted by molar-refractivity contribution is -0.117. The summed E-state index contributed by atoms with van der Waals surface area (Å²) in [5, 5.41) is 14.1. The van der Waals surface area contributed by atoms with Gasteiger partial charge in [-0.3, -0.25) is 10.1 Å². The highest BCUT2D eigenvalue weighted by atomic mass is 32.2. The van der Waals surface area contributed by atoms with E-state index in [2.05, 4.69) is 53.7 Å². The predicted molar refractivity (Wildman–Crippen MR) is 112 cm³/mol. The predicted octanol–water partition coefficient (Wildman–Crippen LogP) is 3.50. The van der Waals surface area contributed by atoms with E-state index in [-0.39, 0.29) is 23.1 Å². The number of rotatable bonds is 6. The fourth-order valence-electron chi connectivity index (χ4n) is 2.47. The number of amides is 3. The summed E-state index contributed by atoms with van der Waals surface area (Å²) in [6, 6.07) is 7.81. The Hall–Kier alpha value is -2.35. The highest BCUT2D eigenvalue weighted by molar-refractivity contribution is 7.99. The van der Waals surface area contributed by atoms with E-state index in [9.17, 15) is 9.59 Å². The Labute approximate surface area is 170 Å². The summed E-state index contributed by atoms with van der Waals surface area (Å²) < 4.78 is 1.85. The summed E-state index contributed by atoms with van der Waals surface area (Å²) in [6.07, 6.45) is 0.800. The fraction of sp³-hybridized carbons (Fsp3) is 0.500. The van der Waals surface area contributed by atoms with Gasteiger partial charge in [0.15, 0.2) is 11.0 Å². The first kappa shape index (κ1) is 21.9. The number of nitrogens with zero attached hydrogens (tertiary/aromatic N) is 3. The number of aromatic nitrogens is 3. The zero-order chi connectivity index (χ0) is 20.9. The maximum absolute atomic E-state index is 12.0. The van der Waals surface area contributed by atoms with Crippen LogP contribution in [0.1, 0.15) is 46.6 Å². The van der Waals surface area contributed by atoms with Gasteiger partial charge in [-0.25, -0.2) is 4.79 Å². The van der Waals surface area contributed by atoms with Crippen molar-refractivity contribution < 1.29 is 9.59 Å². The average molecular weight is 404 g/mol. The summed E-state index contributed by atoms with van der Waals surface area (Å²) in [5.41, 5.74) is 2.31. The lowest BCUT2D eigenvalue weighted by atomic mass is 9.87. The molecule has 7 nitrogen and oxygen atoms in total. The Bertz CT molecular complexity index is 824. The van der Waals surface area contributed by atoms with Crippen molar-refractivity contribution in [1.29, 1.82) is 0 Å². The molecular weight excluding hydrogens is 374 g/mol. The number of carbonyl (C=O) groups is 2. The van der Waals surface area contributed by atoms with Crippen LogP contribution in [0.25, 0.3) is 11.4 Å². The van der Waals surface area contributed by atoms with Crippen molar-refractivity contribution in [2.75, 3.05) is 5.75 Å². The smallest absolute Gasteiger partial charge is 0.321 e. The Kier molecular flexibility index (Phi) is 7.23. The van der Waals surface area contributed by atoms with Crippen molar-refractivity contribution in [2.24, 2.45) is 7.05 Å². The van der Waals surface area contributed by atoms with Crippen LogP contribution in [0.5, 0.6) is 0 Å². The van der Waals surface area contributed by atoms with Crippen molar-refractivity contribution in [3.63, 3.8) is 0 Å². The van der Waals surface area contributed by atoms with Crippen LogP contribution in [0.15, 0.2) is 29.4 Å². The summed E-state index contributed by atoms with van der Waals surface area (Å²) in [5.74, 6) is 0.450. The largest absolute Gasteiger partial charge is 0.335 e. The topological polar surface area (TPSA) is 88.9 Å². The monoisotopic (exact) mass is 403 g/mol. The molecule has 1 aromatic heterocycles. The molecule has 28 heavy (non-hydrogen) atoms. The van der Waals surface area contributed by atoms with Gasteiger partial charge in [-0.05, 0) is 24.3 Å². The molecule has 2 aromatic rings. The van der Waals surface area contributed by atoms with Crippen LogP contribution in [0.2, 0.25) is 0 Å². The highest BCUT2D eigenvalue weighted by Crippen LogP contribution is 2.26. The summed E-state index contributed by atoms with van der Waals surface area (Å²) in [6.45, 7) is 10.4. The molecule has 0 aliphatic rings. The quantitative estimate of drug-likeness (QED) is 0.721. The number of hydrogen-bond donors (Lipinski definition) is 2. The molecule has 3 amide bonds. The van der Waals surface area contributed by atoms with Crippen LogP contribution in [0, 0.1) is 0 Å². The van der Waals surface area contributed by atoms with Crippen LogP contribution in [0.4, 0.5) is 4.79 Å². The summed E-state index contributed by atoms with van der Waals surface area (Å²) in [4.78, 5) is 23.7. The van der Waals surface area contributed by atoms with Crippen molar-refractivity contribution in [2.45, 2.75) is 57.7 Å². The van der Waals surface area contributed by atoms with Crippen LogP contribution < -0.4 is 10.6 Å². The van der Waals surface area contributed by atoms with E-state index in [0.717, 1.165) is 17.8 Å². The lowest BCUT2D eigenvalue weighted by Crippen LogP contribution is -2.43. The van der Waals surface area contributed by atoms with E-state index in [1.54, 1.807) is 0 Å². The third-order valence-electron chi connectivity index (χ3n) is 4.42. The number of benzene rings is 1. The maximum Gasteiger partial charge on any atom is 0.321 e. The van der Waals surface area contributed by atoms with E-state index in [4.69, 9.17) is 0 Å². The number of urea groups is 1. The van der Waals surface area contributed by atoms with E-state index in [1.165, 1.54) is 17.3 Å². The van der Waals surface area contributed by atoms with Gasteiger partial charge in [0.25, 0.3) is 0 Å². The van der Waals surface area contributed by atoms with E-state index < -0.39 is 6.03 Å². The van der Waals surface area contributed by atoms with Gasteiger partial charge in [0.1, 0.15) is 0 Å². The minimum absolute atomic E-state index is 0.0198. The molecule has 152 valence electrons. The van der Waals surface area contributed by atoms with Crippen molar-refractivity contribution in [1.82, 2.24) is 25.4 Å². The number of nitrogens with one attached hydrogen (secondary N) is 2. The van der Waals surface area contributed by atoms with Crippen LogP contribution in [-0.4, -0.2) is 38.5 Å². The minimum Gasteiger partial charge on any atom is -0.335 e. The van der Waals surface area contributed by atoms with Gasteiger partial charge in [-0.15, -0.1) is 10.2 Å². The molecule has 0 aliphatic carbocycles. The van der Waals surface area contributed by atoms with Gasteiger partial charge in [-0.1, -0.05) is 63.7 Å². The SMILES string of the molecule is CC[C@H](C)NC(=O)NC(=O)CSc1nnc(-c2ccc(C(C)(C)C)cc2)n1C. The molecule has 2 N–H and O–H groups in total. The lowest BCUT2D eigenvalue weighted by Gasteiger charge is -2.19. The number of imide groups is 1. The molecule has 1 heterocycles. The van der Waals surface area contributed by atoms with Gasteiger partial charge >= 0.3 is 6.03 Å². The summed E-state index contributed by atoms with van der Waals surface area (Å²) in [7, 11) is 1.86. The Morgan fingerprint density at radius 3 is 2.39 bits per heavy atom. The zero-order valence-corrected chi connectivity index (χ0v) is 18.2. The third-order valence-corrected chi connectivity index (χ3v) is 5.44.